The monoisotopic (exact) mass is 231 g/mol. The summed E-state index contributed by atoms with van der Waals surface area (Å²) in [5.41, 5.74) is 3.20. The van der Waals surface area contributed by atoms with Gasteiger partial charge in [-0.25, -0.2) is 0 Å². The minimum absolute atomic E-state index is 0.117. The van der Waals surface area contributed by atoms with Gasteiger partial charge in [0.1, 0.15) is 0 Å². The Bertz CT molecular complexity index is 480. The first-order chi connectivity index (χ1) is 7.65. The summed E-state index contributed by atoms with van der Waals surface area (Å²) in [5.74, 6) is 0.179. The number of carbonyl (C=O) groups excluding carboxylic acids is 1. The molecule has 0 saturated heterocycles. The van der Waals surface area contributed by atoms with Crippen LogP contribution in [0.4, 0.5) is 5.69 Å². The molecule has 0 spiro atoms. The zero-order valence-corrected chi connectivity index (χ0v) is 11.6. The molecule has 17 heavy (non-hydrogen) atoms. The molecule has 2 heteroatoms. The maximum absolute atomic E-state index is 12.2. The SMILES string of the molecule is CN1C(=O)C(C)(C)c2ccc(C(C)(C)C)cc21. The molecule has 0 fully saturated rings. The Morgan fingerprint density at radius 3 is 2.29 bits per heavy atom. The molecule has 1 heterocycles. The molecule has 0 saturated carbocycles. The van der Waals surface area contributed by atoms with E-state index in [9.17, 15) is 4.79 Å². The average molecular weight is 231 g/mol. The van der Waals surface area contributed by atoms with Crippen LogP contribution in [0, 0.1) is 0 Å². The molecule has 1 aliphatic rings. The van der Waals surface area contributed by atoms with Gasteiger partial charge in [-0.1, -0.05) is 32.9 Å². The van der Waals surface area contributed by atoms with Gasteiger partial charge in [0, 0.05) is 12.7 Å². The van der Waals surface area contributed by atoms with Crippen LogP contribution in [0.1, 0.15) is 45.7 Å². The van der Waals surface area contributed by atoms with Crippen molar-refractivity contribution in [2.75, 3.05) is 11.9 Å². The van der Waals surface area contributed by atoms with Crippen molar-refractivity contribution < 1.29 is 4.79 Å². The number of nitrogens with zero attached hydrogens (tertiary/aromatic N) is 1. The maximum Gasteiger partial charge on any atom is 0.236 e. The number of amides is 1. The second-order valence-electron chi connectivity index (χ2n) is 6.47. The van der Waals surface area contributed by atoms with Gasteiger partial charge >= 0.3 is 0 Å². The lowest BCUT2D eigenvalue weighted by atomic mass is 9.82. The van der Waals surface area contributed by atoms with Gasteiger partial charge in [-0.05, 0) is 36.5 Å². The van der Waals surface area contributed by atoms with Crippen LogP contribution in [0.25, 0.3) is 0 Å². The fourth-order valence-corrected chi connectivity index (χ4v) is 2.45. The van der Waals surface area contributed by atoms with Gasteiger partial charge in [0.05, 0.1) is 5.41 Å². The Kier molecular flexibility index (Phi) is 2.39. The number of fused-ring (bicyclic) bond motifs is 1. The molecular weight excluding hydrogens is 210 g/mol. The minimum Gasteiger partial charge on any atom is -0.314 e. The number of hydrogen-bond donors (Lipinski definition) is 0. The Labute approximate surface area is 104 Å². The Morgan fingerprint density at radius 1 is 1.18 bits per heavy atom. The van der Waals surface area contributed by atoms with E-state index in [4.69, 9.17) is 0 Å². The largest absolute Gasteiger partial charge is 0.314 e. The van der Waals surface area contributed by atoms with E-state index in [0.717, 1.165) is 11.3 Å². The molecule has 1 amide bonds. The Balaban J connectivity index is 2.61. The summed E-state index contributed by atoms with van der Waals surface area (Å²) >= 11 is 0. The molecule has 92 valence electrons. The van der Waals surface area contributed by atoms with E-state index >= 15 is 0 Å². The van der Waals surface area contributed by atoms with Crippen molar-refractivity contribution in [3.63, 3.8) is 0 Å². The van der Waals surface area contributed by atoms with Gasteiger partial charge in [-0.2, -0.15) is 0 Å². The van der Waals surface area contributed by atoms with Crippen LogP contribution in [0.3, 0.4) is 0 Å². The van der Waals surface area contributed by atoms with Gasteiger partial charge in [0.15, 0.2) is 0 Å². The first kappa shape index (κ1) is 12.2. The van der Waals surface area contributed by atoms with Crippen LogP contribution >= 0.6 is 0 Å². The highest BCUT2D eigenvalue weighted by Gasteiger charge is 2.42. The van der Waals surface area contributed by atoms with E-state index in [2.05, 4.69) is 39.0 Å². The third-order valence-electron chi connectivity index (χ3n) is 3.74. The fourth-order valence-electron chi connectivity index (χ4n) is 2.45. The number of likely N-dealkylation sites (N-methyl/N-ethyl adjacent to an activating group) is 1. The van der Waals surface area contributed by atoms with Gasteiger partial charge in [-0.15, -0.1) is 0 Å². The summed E-state index contributed by atoms with van der Waals surface area (Å²) in [5, 5.41) is 0. The smallest absolute Gasteiger partial charge is 0.236 e. The van der Waals surface area contributed by atoms with Crippen molar-refractivity contribution in [1.82, 2.24) is 0 Å². The first-order valence-electron chi connectivity index (χ1n) is 6.09. The zero-order chi connectivity index (χ0) is 13.0. The average Bonchev–Trinajstić information content (AvgIpc) is 2.39. The van der Waals surface area contributed by atoms with Crippen LogP contribution in [0.5, 0.6) is 0 Å². The predicted octanol–water partition coefficient (Wildman–Crippen LogP) is 3.24. The summed E-state index contributed by atoms with van der Waals surface area (Å²) in [6.07, 6.45) is 0. The standard InChI is InChI=1S/C15H21NO/c1-14(2,3)10-7-8-11-12(9-10)16(6)13(17)15(11,4)5/h7-9H,1-6H3. The summed E-state index contributed by atoms with van der Waals surface area (Å²) < 4.78 is 0. The summed E-state index contributed by atoms with van der Waals surface area (Å²) in [7, 11) is 1.86. The second kappa shape index (κ2) is 3.34. The molecule has 0 aliphatic carbocycles. The maximum atomic E-state index is 12.2. The Hall–Kier alpha value is -1.31. The summed E-state index contributed by atoms with van der Waals surface area (Å²) in [4.78, 5) is 14.0. The summed E-state index contributed by atoms with van der Waals surface area (Å²) in [6.45, 7) is 10.6. The lowest BCUT2D eigenvalue weighted by Gasteiger charge is -2.21. The van der Waals surface area contributed by atoms with Crippen molar-refractivity contribution >= 4 is 11.6 Å². The number of carbonyl (C=O) groups is 1. The molecule has 0 radical (unpaired) electrons. The topological polar surface area (TPSA) is 20.3 Å². The normalized spacial score (nSPS) is 18.5. The lowest BCUT2D eigenvalue weighted by Crippen LogP contribution is -2.33. The van der Waals surface area contributed by atoms with Crippen molar-refractivity contribution in [3.8, 4) is 0 Å². The fraction of sp³-hybridized carbons (Fsp3) is 0.533. The van der Waals surface area contributed by atoms with E-state index in [1.54, 1.807) is 4.90 Å². The van der Waals surface area contributed by atoms with E-state index in [1.807, 2.05) is 20.9 Å². The third kappa shape index (κ3) is 1.67. The molecule has 0 unspecified atom stereocenters. The second-order valence-corrected chi connectivity index (χ2v) is 6.47. The Morgan fingerprint density at radius 2 is 1.76 bits per heavy atom. The van der Waals surface area contributed by atoms with E-state index < -0.39 is 0 Å². The molecule has 0 N–H and O–H groups in total. The van der Waals surface area contributed by atoms with Crippen LogP contribution in [0.15, 0.2) is 18.2 Å². The van der Waals surface area contributed by atoms with Crippen molar-refractivity contribution in [1.29, 1.82) is 0 Å². The molecule has 2 rings (SSSR count). The highest BCUT2D eigenvalue weighted by Crippen LogP contribution is 2.42. The molecule has 0 aromatic heterocycles. The van der Waals surface area contributed by atoms with E-state index in [-0.39, 0.29) is 16.7 Å². The van der Waals surface area contributed by atoms with Crippen molar-refractivity contribution in [2.24, 2.45) is 0 Å². The van der Waals surface area contributed by atoms with Gasteiger partial charge in [-0.3, -0.25) is 4.79 Å². The molecule has 2 nitrogen and oxygen atoms in total. The number of hydrogen-bond acceptors (Lipinski definition) is 1. The zero-order valence-electron chi connectivity index (χ0n) is 11.6. The van der Waals surface area contributed by atoms with E-state index in [1.165, 1.54) is 5.56 Å². The highest BCUT2D eigenvalue weighted by molar-refractivity contribution is 6.07. The molecule has 0 atom stereocenters. The molecule has 1 aromatic carbocycles. The van der Waals surface area contributed by atoms with E-state index in [0.29, 0.717) is 0 Å². The first-order valence-corrected chi connectivity index (χ1v) is 6.09. The quantitative estimate of drug-likeness (QED) is 0.671. The number of benzene rings is 1. The van der Waals surface area contributed by atoms with Crippen LogP contribution < -0.4 is 4.90 Å². The van der Waals surface area contributed by atoms with Gasteiger partial charge < -0.3 is 4.90 Å². The van der Waals surface area contributed by atoms with Gasteiger partial charge in [0.25, 0.3) is 0 Å². The van der Waals surface area contributed by atoms with Crippen molar-refractivity contribution in [2.45, 2.75) is 45.4 Å². The van der Waals surface area contributed by atoms with Crippen LogP contribution in [-0.2, 0) is 15.6 Å². The number of rotatable bonds is 0. The van der Waals surface area contributed by atoms with Crippen LogP contribution in [0.2, 0.25) is 0 Å². The third-order valence-corrected chi connectivity index (χ3v) is 3.74. The molecular formula is C15H21NO. The number of anilines is 1. The molecule has 1 aliphatic heterocycles. The minimum atomic E-state index is -0.388. The van der Waals surface area contributed by atoms with Gasteiger partial charge in [0.2, 0.25) is 5.91 Å². The van der Waals surface area contributed by atoms with Crippen molar-refractivity contribution in [3.05, 3.63) is 29.3 Å². The molecule has 0 bridgehead atoms. The summed E-state index contributed by atoms with van der Waals surface area (Å²) in [6, 6.07) is 6.41. The molecule has 1 aromatic rings. The lowest BCUT2D eigenvalue weighted by molar-refractivity contribution is -0.121. The van der Waals surface area contributed by atoms with Crippen LogP contribution in [-0.4, -0.2) is 13.0 Å². The predicted molar refractivity (Wildman–Crippen MR) is 71.6 cm³/mol. The highest BCUT2D eigenvalue weighted by atomic mass is 16.2.